The number of rotatable bonds is 5. The van der Waals surface area contributed by atoms with Gasteiger partial charge in [-0.25, -0.2) is 4.39 Å². The molecule has 0 saturated heterocycles. The smallest absolute Gasteiger partial charge is 0.182 e. The Morgan fingerprint density at radius 2 is 2.07 bits per heavy atom. The van der Waals surface area contributed by atoms with Gasteiger partial charge in [0.2, 0.25) is 0 Å². The van der Waals surface area contributed by atoms with Gasteiger partial charge in [-0.1, -0.05) is 30.3 Å². The number of Topliss-reactive ketones (excluding diaryl/α,β-unsaturated/α-hetero) is 1. The van der Waals surface area contributed by atoms with E-state index in [1.165, 1.54) is 7.11 Å². The average Bonchev–Trinajstić information content (AvgIpc) is 2.28. The van der Waals surface area contributed by atoms with Crippen LogP contribution in [0, 0.1) is 0 Å². The van der Waals surface area contributed by atoms with Gasteiger partial charge < -0.3 is 10.5 Å². The highest BCUT2D eigenvalue weighted by molar-refractivity contribution is 6.00. The first-order valence-electron chi connectivity index (χ1n) is 4.64. The Bertz CT molecular complexity index is 316. The van der Waals surface area contributed by atoms with Gasteiger partial charge in [0.05, 0.1) is 6.61 Å². The fraction of sp³-hybridized carbons (Fsp3) is 0.364. The van der Waals surface area contributed by atoms with Gasteiger partial charge >= 0.3 is 0 Å². The lowest BCUT2D eigenvalue weighted by molar-refractivity contribution is 0.0783. The lowest BCUT2D eigenvalue weighted by Crippen LogP contribution is -2.41. The lowest BCUT2D eigenvalue weighted by atomic mass is 10.0. The number of benzene rings is 1. The van der Waals surface area contributed by atoms with Crippen LogP contribution in [-0.4, -0.2) is 31.7 Å². The highest BCUT2D eigenvalue weighted by Crippen LogP contribution is 2.07. The third kappa shape index (κ3) is 3.11. The van der Waals surface area contributed by atoms with Crippen molar-refractivity contribution in [2.24, 2.45) is 5.73 Å². The summed E-state index contributed by atoms with van der Waals surface area (Å²) in [6.07, 6.45) is -1.47. The van der Waals surface area contributed by atoms with Crippen LogP contribution in [0.15, 0.2) is 30.3 Å². The topological polar surface area (TPSA) is 52.3 Å². The summed E-state index contributed by atoms with van der Waals surface area (Å²) in [4.78, 5) is 11.6. The molecule has 82 valence electrons. The summed E-state index contributed by atoms with van der Waals surface area (Å²) in [7, 11) is 1.37. The van der Waals surface area contributed by atoms with Crippen LogP contribution in [0.1, 0.15) is 10.4 Å². The third-order valence-corrected chi connectivity index (χ3v) is 2.08. The Morgan fingerprint density at radius 3 is 2.60 bits per heavy atom. The zero-order valence-corrected chi connectivity index (χ0v) is 8.52. The molecular weight excluding hydrogens is 197 g/mol. The minimum atomic E-state index is -1.47. The maximum absolute atomic E-state index is 13.3. The van der Waals surface area contributed by atoms with E-state index in [1.54, 1.807) is 30.3 Å². The van der Waals surface area contributed by atoms with E-state index in [2.05, 4.69) is 4.74 Å². The summed E-state index contributed by atoms with van der Waals surface area (Å²) >= 11 is 0. The normalized spacial score (nSPS) is 14.6. The van der Waals surface area contributed by atoms with Crippen LogP contribution < -0.4 is 5.73 Å². The lowest BCUT2D eigenvalue weighted by Gasteiger charge is -2.14. The van der Waals surface area contributed by atoms with Gasteiger partial charge in [0, 0.05) is 12.7 Å². The van der Waals surface area contributed by atoms with Crippen LogP contribution in [0.3, 0.4) is 0 Å². The molecule has 0 bridgehead atoms. The van der Waals surface area contributed by atoms with Crippen LogP contribution in [0.2, 0.25) is 0 Å². The SMILES string of the molecule is COC[C@H](F)[C@H](N)C(=O)c1ccccc1. The van der Waals surface area contributed by atoms with Crippen molar-refractivity contribution in [2.45, 2.75) is 12.2 Å². The molecule has 15 heavy (non-hydrogen) atoms. The highest BCUT2D eigenvalue weighted by atomic mass is 19.1. The predicted molar refractivity (Wildman–Crippen MR) is 55.5 cm³/mol. The largest absolute Gasteiger partial charge is 0.382 e. The van der Waals surface area contributed by atoms with Crippen molar-refractivity contribution in [1.29, 1.82) is 0 Å². The molecule has 2 atom stereocenters. The Hall–Kier alpha value is -1.26. The van der Waals surface area contributed by atoms with Crippen LogP contribution in [0.5, 0.6) is 0 Å². The number of carbonyl (C=O) groups excluding carboxylic acids is 1. The monoisotopic (exact) mass is 211 g/mol. The summed E-state index contributed by atoms with van der Waals surface area (Å²) in [5, 5.41) is 0. The fourth-order valence-electron chi connectivity index (χ4n) is 1.22. The molecule has 1 aromatic rings. The van der Waals surface area contributed by atoms with Gasteiger partial charge in [0.15, 0.2) is 5.78 Å². The van der Waals surface area contributed by atoms with Crippen LogP contribution in [-0.2, 0) is 4.74 Å². The number of hydrogen-bond acceptors (Lipinski definition) is 3. The molecule has 1 aromatic carbocycles. The second-order valence-electron chi connectivity index (χ2n) is 3.23. The molecule has 0 aliphatic rings. The minimum absolute atomic E-state index is 0.167. The quantitative estimate of drug-likeness (QED) is 0.744. The molecule has 0 aliphatic carbocycles. The molecule has 2 N–H and O–H groups in total. The van der Waals surface area contributed by atoms with Gasteiger partial charge in [-0.05, 0) is 0 Å². The van der Waals surface area contributed by atoms with Crippen molar-refractivity contribution >= 4 is 5.78 Å². The van der Waals surface area contributed by atoms with E-state index in [4.69, 9.17) is 5.73 Å². The molecule has 0 fully saturated rings. The number of carbonyl (C=O) groups is 1. The second kappa shape index (κ2) is 5.58. The molecule has 1 rings (SSSR count). The molecule has 0 unspecified atom stereocenters. The van der Waals surface area contributed by atoms with Crippen molar-refractivity contribution in [1.82, 2.24) is 0 Å². The van der Waals surface area contributed by atoms with E-state index in [1.807, 2.05) is 0 Å². The number of halogens is 1. The summed E-state index contributed by atoms with van der Waals surface area (Å²) in [5.41, 5.74) is 5.89. The van der Waals surface area contributed by atoms with Crippen molar-refractivity contribution < 1.29 is 13.9 Å². The Balaban J connectivity index is 2.69. The van der Waals surface area contributed by atoms with Gasteiger partial charge in [0.25, 0.3) is 0 Å². The van der Waals surface area contributed by atoms with Crippen LogP contribution >= 0.6 is 0 Å². The molecule has 4 heteroatoms. The van der Waals surface area contributed by atoms with E-state index >= 15 is 0 Å². The number of nitrogens with two attached hydrogens (primary N) is 1. The fourth-order valence-corrected chi connectivity index (χ4v) is 1.22. The highest BCUT2D eigenvalue weighted by Gasteiger charge is 2.24. The molecule has 0 radical (unpaired) electrons. The number of hydrogen-bond donors (Lipinski definition) is 1. The van der Waals surface area contributed by atoms with Gasteiger partial charge in [-0.2, -0.15) is 0 Å². The first kappa shape index (κ1) is 11.8. The summed E-state index contributed by atoms with van der Waals surface area (Å²) in [6.45, 7) is -0.167. The van der Waals surface area contributed by atoms with Gasteiger partial charge in [0.1, 0.15) is 12.2 Å². The third-order valence-electron chi connectivity index (χ3n) is 2.08. The summed E-state index contributed by atoms with van der Waals surface area (Å²) in [5.74, 6) is -0.403. The van der Waals surface area contributed by atoms with Gasteiger partial charge in [-0.15, -0.1) is 0 Å². The molecule has 0 aromatic heterocycles. The van der Waals surface area contributed by atoms with Crippen molar-refractivity contribution in [3.05, 3.63) is 35.9 Å². The number of alkyl halides is 1. The molecule has 0 amide bonds. The second-order valence-corrected chi connectivity index (χ2v) is 3.23. The maximum atomic E-state index is 13.3. The molecule has 0 heterocycles. The van der Waals surface area contributed by atoms with E-state index in [0.717, 1.165) is 0 Å². The van der Waals surface area contributed by atoms with E-state index in [-0.39, 0.29) is 6.61 Å². The Labute approximate surface area is 88.0 Å². The van der Waals surface area contributed by atoms with Crippen molar-refractivity contribution in [2.75, 3.05) is 13.7 Å². The zero-order chi connectivity index (χ0) is 11.3. The summed E-state index contributed by atoms with van der Waals surface area (Å²) in [6, 6.07) is 7.27. The summed E-state index contributed by atoms with van der Waals surface area (Å²) < 4.78 is 17.9. The molecule has 0 saturated carbocycles. The van der Waals surface area contributed by atoms with E-state index < -0.39 is 18.0 Å². The molecule has 0 aliphatic heterocycles. The number of ether oxygens (including phenoxy) is 1. The minimum Gasteiger partial charge on any atom is -0.382 e. The Kier molecular flexibility index (Phi) is 4.39. The van der Waals surface area contributed by atoms with E-state index in [9.17, 15) is 9.18 Å². The molecular formula is C11H14FNO2. The van der Waals surface area contributed by atoms with Crippen molar-refractivity contribution in [3.8, 4) is 0 Å². The maximum Gasteiger partial charge on any atom is 0.182 e. The first-order chi connectivity index (χ1) is 7.16. The molecule has 3 nitrogen and oxygen atoms in total. The predicted octanol–water partition coefficient (Wildman–Crippen LogP) is 1.18. The van der Waals surface area contributed by atoms with Gasteiger partial charge in [-0.3, -0.25) is 4.79 Å². The Morgan fingerprint density at radius 1 is 1.47 bits per heavy atom. The first-order valence-corrected chi connectivity index (χ1v) is 4.64. The van der Waals surface area contributed by atoms with Crippen LogP contribution in [0.25, 0.3) is 0 Å². The van der Waals surface area contributed by atoms with Crippen LogP contribution in [0.4, 0.5) is 4.39 Å². The average molecular weight is 211 g/mol. The van der Waals surface area contributed by atoms with E-state index in [0.29, 0.717) is 5.56 Å². The molecule has 0 spiro atoms. The number of ketones is 1. The zero-order valence-electron chi connectivity index (χ0n) is 8.52. The number of methoxy groups -OCH3 is 1. The van der Waals surface area contributed by atoms with Crippen molar-refractivity contribution in [3.63, 3.8) is 0 Å². The standard InChI is InChI=1S/C11H14FNO2/c1-15-7-9(12)10(13)11(14)8-5-3-2-4-6-8/h2-6,9-10H,7,13H2,1H3/t9-,10-/m0/s1.